The van der Waals surface area contributed by atoms with E-state index >= 15 is 0 Å². The highest BCUT2D eigenvalue weighted by Crippen LogP contribution is 2.41. The molecule has 0 aliphatic carbocycles. The summed E-state index contributed by atoms with van der Waals surface area (Å²) >= 11 is 11.9. The van der Waals surface area contributed by atoms with Gasteiger partial charge < -0.3 is 10.1 Å². The highest BCUT2D eigenvalue weighted by atomic mass is 35.5. The zero-order valence-electron chi connectivity index (χ0n) is 12.2. The minimum absolute atomic E-state index is 0.147. The third-order valence-electron chi connectivity index (χ3n) is 3.97. The maximum Gasteiger partial charge on any atom is 0.163 e. The minimum atomic E-state index is -0.889. The molecular weight excluding hydrogens is 343 g/mol. The highest BCUT2D eigenvalue weighted by Gasteiger charge is 2.30. The lowest BCUT2D eigenvalue weighted by Gasteiger charge is -2.26. The van der Waals surface area contributed by atoms with Crippen molar-refractivity contribution in [2.45, 2.75) is 12.5 Å². The Morgan fingerprint density at radius 1 is 1.09 bits per heavy atom. The first-order valence-electron chi connectivity index (χ1n) is 7.33. The Morgan fingerprint density at radius 2 is 1.74 bits per heavy atom. The first-order chi connectivity index (χ1) is 11.1. The van der Waals surface area contributed by atoms with Crippen LogP contribution in [0.25, 0.3) is 0 Å². The molecule has 2 unspecified atom stereocenters. The van der Waals surface area contributed by atoms with Crippen LogP contribution < -0.4 is 10.1 Å². The number of halogens is 4. The van der Waals surface area contributed by atoms with Gasteiger partial charge in [-0.2, -0.15) is 0 Å². The van der Waals surface area contributed by atoms with E-state index in [1.807, 2.05) is 30.3 Å². The van der Waals surface area contributed by atoms with Crippen LogP contribution in [0.3, 0.4) is 0 Å². The molecule has 1 aliphatic heterocycles. The van der Waals surface area contributed by atoms with Crippen LogP contribution in [0, 0.1) is 17.6 Å². The quantitative estimate of drug-likeness (QED) is 0.777. The largest absolute Gasteiger partial charge is 0.482 e. The Balaban J connectivity index is 1.99. The van der Waals surface area contributed by atoms with E-state index in [4.69, 9.17) is 27.9 Å². The van der Waals surface area contributed by atoms with E-state index < -0.39 is 11.6 Å². The molecule has 6 heteroatoms. The van der Waals surface area contributed by atoms with E-state index in [-0.39, 0.29) is 27.8 Å². The summed E-state index contributed by atoms with van der Waals surface area (Å²) in [7, 11) is 0. The van der Waals surface area contributed by atoms with Crippen molar-refractivity contribution in [1.29, 1.82) is 0 Å². The Hall–Kier alpha value is -1.36. The van der Waals surface area contributed by atoms with Crippen LogP contribution >= 0.6 is 23.2 Å². The third-order valence-corrected chi connectivity index (χ3v) is 4.68. The van der Waals surface area contributed by atoms with Crippen LogP contribution in [0.1, 0.15) is 18.1 Å². The van der Waals surface area contributed by atoms with Gasteiger partial charge in [-0.1, -0.05) is 53.5 Å². The number of hydrogen-bond donors (Lipinski definition) is 1. The predicted molar refractivity (Wildman–Crippen MR) is 87.2 cm³/mol. The molecule has 0 saturated carbocycles. The number of benzene rings is 2. The Morgan fingerprint density at radius 3 is 2.30 bits per heavy atom. The van der Waals surface area contributed by atoms with E-state index in [2.05, 4.69) is 5.32 Å². The van der Waals surface area contributed by atoms with Gasteiger partial charge in [-0.3, -0.25) is 0 Å². The van der Waals surface area contributed by atoms with E-state index in [0.29, 0.717) is 6.07 Å². The summed E-state index contributed by atoms with van der Waals surface area (Å²) in [5.74, 6) is -1.76. The second-order valence-corrected chi connectivity index (χ2v) is 6.26. The zero-order chi connectivity index (χ0) is 16.4. The molecule has 3 rings (SSSR count). The average Bonchev–Trinajstić information content (AvgIpc) is 3.08. The van der Waals surface area contributed by atoms with Crippen molar-refractivity contribution in [1.82, 2.24) is 5.32 Å². The molecule has 2 aromatic rings. The normalized spacial score (nSPS) is 18.9. The highest BCUT2D eigenvalue weighted by molar-refractivity contribution is 6.37. The van der Waals surface area contributed by atoms with Gasteiger partial charge in [0.2, 0.25) is 0 Å². The van der Waals surface area contributed by atoms with E-state index in [1.54, 1.807) is 0 Å². The summed E-state index contributed by atoms with van der Waals surface area (Å²) in [6.45, 7) is 1.63. The van der Waals surface area contributed by atoms with Gasteiger partial charge in [0.25, 0.3) is 0 Å². The maximum absolute atomic E-state index is 13.7. The molecule has 2 atom stereocenters. The Bertz CT molecular complexity index is 664. The molecule has 0 radical (unpaired) electrons. The summed E-state index contributed by atoms with van der Waals surface area (Å²) in [6, 6.07) is 10.2. The molecular formula is C17H15Cl2F2NO. The zero-order valence-corrected chi connectivity index (χ0v) is 13.7. The predicted octanol–water partition coefficient (Wildman–Crippen LogP) is 5.00. The number of ether oxygens (including phenoxy) is 1. The van der Waals surface area contributed by atoms with Crippen LogP contribution in [-0.4, -0.2) is 13.1 Å². The molecule has 0 aromatic heterocycles. The SMILES string of the molecule is Fc1cc(F)c(Cl)c(OC(c2ccccc2)C2CCNC2)c1Cl. The Kier molecular flexibility index (Phi) is 5.05. The van der Waals surface area contributed by atoms with Crippen molar-refractivity contribution in [2.24, 2.45) is 5.92 Å². The summed E-state index contributed by atoms with van der Waals surface area (Å²) in [6.07, 6.45) is 0.509. The van der Waals surface area contributed by atoms with Crippen LogP contribution in [0.2, 0.25) is 10.0 Å². The summed E-state index contributed by atoms with van der Waals surface area (Å²) in [5.41, 5.74) is 0.915. The fraction of sp³-hybridized carbons (Fsp3) is 0.294. The van der Waals surface area contributed by atoms with Crippen molar-refractivity contribution in [3.8, 4) is 5.75 Å². The fourth-order valence-corrected chi connectivity index (χ4v) is 3.23. The lowest BCUT2D eigenvalue weighted by molar-refractivity contribution is 0.143. The standard InChI is InChI=1S/C17H15Cl2F2NO/c18-14-12(20)8-13(21)15(19)17(14)23-16(11-6-7-22-9-11)10-4-2-1-3-5-10/h1-5,8,11,16,22H,6-7,9H2. The van der Waals surface area contributed by atoms with Crippen molar-refractivity contribution in [3.05, 3.63) is 63.6 Å². The first kappa shape index (κ1) is 16.5. The maximum atomic E-state index is 13.7. The van der Waals surface area contributed by atoms with Gasteiger partial charge in [0.1, 0.15) is 27.8 Å². The third kappa shape index (κ3) is 3.44. The van der Waals surface area contributed by atoms with Gasteiger partial charge in [-0.05, 0) is 18.5 Å². The fourth-order valence-electron chi connectivity index (χ4n) is 2.80. The summed E-state index contributed by atoms with van der Waals surface area (Å²) < 4.78 is 33.4. The van der Waals surface area contributed by atoms with Gasteiger partial charge in [0.15, 0.2) is 5.75 Å². The van der Waals surface area contributed by atoms with Gasteiger partial charge in [-0.25, -0.2) is 8.78 Å². The van der Waals surface area contributed by atoms with Crippen LogP contribution in [-0.2, 0) is 0 Å². The molecule has 0 spiro atoms. The topological polar surface area (TPSA) is 21.3 Å². The number of rotatable bonds is 4. The molecule has 1 heterocycles. The van der Waals surface area contributed by atoms with Gasteiger partial charge >= 0.3 is 0 Å². The average molecular weight is 358 g/mol. The molecule has 1 saturated heterocycles. The second kappa shape index (κ2) is 7.04. The molecule has 0 amide bonds. The lowest BCUT2D eigenvalue weighted by atomic mass is 9.95. The minimum Gasteiger partial charge on any atom is -0.482 e. The molecule has 1 N–H and O–H groups in total. The molecule has 1 fully saturated rings. The number of nitrogens with one attached hydrogen (secondary N) is 1. The number of hydrogen-bond acceptors (Lipinski definition) is 2. The first-order valence-corrected chi connectivity index (χ1v) is 8.09. The molecule has 122 valence electrons. The van der Waals surface area contributed by atoms with Crippen LogP contribution in [0.4, 0.5) is 8.78 Å². The second-order valence-electron chi connectivity index (χ2n) is 5.50. The van der Waals surface area contributed by atoms with Crippen molar-refractivity contribution < 1.29 is 13.5 Å². The van der Waals surface area contributed by atoms with E-state index in [1.165, 1.54) is 0 Å². The van der Waals surface area contributed by atoms with Gasteiger partial charge in [0, 0.05) is 18.5 Å². The van der Waals surface area contributed by atoms with Crippen LogP contribution in [0.5, 0.6) is 5.75 Å². The van der Waals surface area contributed by atoms with E-state index in [9.17, 15) is 8.78 Å². The van der Waals surface area contributed by atoms with Gasteiger partial charge in [-0.15, -0.1) is 0 Å². The smallest absolute Gasteiger partial charge is 0.163 e. The monoisotopic (exact) mass is 357 g/mol. The molecule has 23 heavy (non-hydrogen) atoms. The van der Waals surface area contributed by atoms with Gasteiger partial charge in [0.05, 0.1) is 0 Å². The van der Waals surface area contributed by atoms with Crippen molar-refractivity contribution >= 4 is 23.2 Å². The van der Waals surface area contributed by atoms with Crippen molar-refractivity contribution in [3.63, 3.8) is 0 Å². The molecule has 2 nitrogen and oxygen atoms in total. The Labute approximate surface area is 143 Å². The molecule has 1 aliphatic rings. The van der Waals surface area contributed by atoms with E-state index in [0.717, 1.165) is 25.1 Å². The summed E-state index contributed by atoms with van der Waals surface area (Å²) in [5, 5.41) is 2.66. The summed E-state index contributed by atoms with van der Waals surface area (Å²) in [4.78, 5) is 0. The molecule has 0 bridgehead atoms. The lowest BCUT2D eigenvalue weighted by Crippen LogP contribution is -2.21. The van der Waals surface area contributed by atoms with Crippen LogP contribution in [0.15, 0.2) is 36.4 Å². The van der Waals surface area contributed by atoms with Crippen molar-refractivity contribution in [2.75, 3.05) is 13.1 Å². The molecule has 2 aromatic carbocycles.